The van der Waals surface area contributed by atoms with Crippen LogP contribution in [0.5, 0.6) is 5.75 Å². The molecular formula is C22H26N4O2S. The molecule has 1 amide bonds. The van der Waals surface area contributed by atoms with Gasteiger partial charge in [-0.1, -0.05) is 55.4 Å². The minimum Gasteiger partial charge on any atom is -0.496 e. The molecule has 29 heavy (non-hydrogen) atoms. The molecule has 0 saturated heterocycles. The van der Waals surface area contributed by atoms with E-state index in [9.17, 15) is 4.79 Å². The molecule has 0 radical (unpaired) electrons. The Bertz CT molecular complexity index is 967. The number of rotatable bonds is 8. The van der Waals surface area contributed by atoms with E-state index in [0.29, 0.717) is 23.4 Å². The monoisotopic (exact) mass is 410 g/mol. The molecular weight excluding hydrogens is 384 g/mol. The van der Waals surface area contributed by atoms with Crippen LogP contribution in [0.2, 0.25) is 0 Å². The molecule has 1 N–H and O–H groups in total. The molecule has 0 unspecified atom stereocenters. The standard InChI is InChI=1S/C22H26N4O2S/c1-15(2)13-23-20(27)14-29-22-25-24-21(18-7-5-6-8-19(18)28-4)26(22)17-11-9-16(3)10-12-17/h5-12,15H,13-14H2,1-4H3,(H,23,27). The first-order valence-electron chi connectivity index (χ1n) is 9.55. The van der Waals surface area contributed by atoms with Crippen LogP contribution in [0, 0.1) is 12.8 Å². The van der Waals surface area contributed by atoms with Crippen molar-refractivity contribution in [2.24, 2.45) is 5.92 Å². The van der Waals surface area contributed by atoms with Crippen molar-refractivity contribution in [1.82, 2.24) is 20.1 Å². The average Bonchev–Trinajstić information content (AvgIpc) is 3.15. The number of hydrogen-bond acceptors (Lipinski definition) is 5. The number of aromatic nitrogens is 3. The maximum Gasteiger partial charge on any atom is 0.230 e. The van der Waals surface area contributed by atoms with Crippen molar-refractivity contribution < 1.29 is 9.53 Å². The summed E-state index contributed by atoms with van der Waals surface area (Å²) in [6.07, 6.45) is 0. The van der Waals surface area contributed by atoms with Crippen molar-refractivity contribution >= 4 is 17.7 Å². The predicted octanol–water partition coefficient (Wildman–Crippen LogP) is 4.12. The van der Waals surface area contributed by atoms with Crippen molar-refractivity contribution in [2.45, 2.75) is 25.9 Å². The lowest BCUT2D eigenvalue weighted by atomic mass is 10.1. The van der Waals surface area contributed by atoms with E-state index in [1.54, 1.807) is 7.11 Å². The van der Waals surface area contributed by atoms with Crippen molar-refractivity contribution in [3.05, 3.63) is 54.1 Å². The van der Waals surface area contributed by atoms with Gasteiger partial charge in [0.05, 0.1) is 18.4 Å². The zero-order valence-corrected chi connectivity index (χ0v) is 18.0. The first kappa shape index (κ1) is 20.9. The number of hydrogen-bond donors (Lipinski definition) is 1. The Balaban J connectivity index is 1.96. The van der Waals surface area contributed by atoms with Gasteiger partial charge in [-0.05, 0) is 37.1 Å². The number of carbonyl (C=O) groups excluding carboxylic acids is 1. The highest BCUT2D eigenvalue weighted by atomic mass is 32.2. The van der Waals surface area contributed by atoms with Crippen LogP contribution in [0.15, 0.2) is 53.7 Å². The zero-order chi connectivity index (χ0) is 20.8. The number of thioether (sulfide) groups is 1. The van der Waals surface area contributed by atoms with Gasteiger partial charge in [0.15, 0.2) is 11.0 Å². The number of nitrogens with one attached hydrogen (secondary N) is 1. The summed E-state index contributed by atoms with van der Waals surface area (Å²) < 4.78 is 7.49. The summed E-state index contributed by atoms with van der Waals surface area (Å²) >= 11 is 1.37. The summed E-state index contributed by atoms with van der Waals surface area (Å²) in [5.74, 6) is 2.08. The minimum absolute atomic E-state index is 0.0130. The van der Waals surface area contributed by atoms with E-state index in [4.69, 9.17) is 4.74 Å². The van der Waals surface area contributed by atoms with Gasteiger partial charge in [0.2, 0.25) is 5.91 Å². The summed E-state index contributed by atoms with van der Waals surface area (Å²) in [5.41, 5.74) is 2.95. The lowest BCUT2D eigenvalue weighted by Gasteiger charge is -2.13. The van der Waals surface area contributed by atoms with Gasteiger partial charge in [-0.3, -0.25) is 9.36 Å². The Morgan fingerprint density at radius 3 is 2.55 bits per heavy atom. The molecule has 0 aliphatic rings. The summed E-state index contributed by atoms with van der Waals surface area (Å²) in [7, 11) is 1.64. The van der Waals surface area contributed by atoms with Crippen LogP contribution in [0.25, 0.3) is 17.1 Å². The molecule has 152 valence electrons. The van der Waals surface area contributed by atoms with Gasteiger partial charge < -0.3 is 10.1 Å². The number of amides is 1. The summed E-state index contributed by atoms with van der Waals surface area (Å²) in [5, 5.41) is 12.4. The predicted molar refractivity (Wildman–Crippen MR) is 117 cm³/mol. The van der Waals surface area contributed by atoms with Gasteiger partial charge >= 0.3 is 0 Å². The molecule has 0 saturated carbocycles. The number of methoxy groups -OCH3 is 1. The van der Waals surface area contributed by atoms with Crippen LogP contribution < -0.4 is 10.1 Å². The Morgan fingerprint density at radius 2 is 1.86 bits per heavy atom. The molecule has 0 aliphatic carbocycles. The van der Waals surface area contributed by atoms with E-state index < -0.39 is 0 Å². The van der Waals surface area contributed by atoms with Gasteiger partial charge in [-0.2, -0.15) is 0 Å². The largest absolute Gasteiger partial charge is 0.496 e. The second-order valence-electron chi connectivity index (χ2n) is 7.16. The Labute approximate surface area is 175 Å². The number of carbonyl (C=O) groups is 1. The SMILES string of the molecule is COc1ccccc1-c1nnc(SCC(=O)NCC(C)C)n1-c1ccc(C)cc1. The summed E-state index contributed by atoms with van der Waals surface area (Å²) in [6.45, 7) is 6.85. The summed E-state index contributed by atoms with van der Waals surface area (Å²) in [6, 6.07) is 15.9. The van der Waals surface area contributed by atoms with Crippen molar-refractivity contribution in [1.29, 1.82) is 0 Å². The number of aryl methyl sites for hydroxylation is 1. The van der Waals surface area contributed by atoms with Crippen molar-refractivity contribution in [3.63, 3.8) is 0 Å². The molecule has 6 nitrogen and oxygen atoms in total. The first-order chi connectivity index (χ1) is 14.0. The quantitative estimate of drug-likeness (QED) is 0.566. The molecule has 0 aliphatic heterocycles. The molecule has 0 atom stereocenters. The minimum atomic E-state index is -0.0130. The maximum absolute atomic E-state index is 12.2. The number of para-hydroxylation sites is 1. The van der Waals surface area contributed by atoms with Crippen molar-refractivity contribution in [3.8, 4) is 22.8 Å². The zero-order valence-electron chi connectivity index (χ0n) is 17.2. The van der Waals surface area contributed by atoms with Gasteiger partial charge in [0, 0.05) is 12.2 Å². The van der Waals surface area contributed by atoms with E-state index in [-0.39, 0.29) is 11.7 Å². The van der Waals surface area contributed by atoms with Gasteiger partial charge in [0.25, 0.3) is 0 Å². The fraction of sp³-hybridized carbons (Fsp3) is 0.318. The second kappa shape index (κ2) is 9.60. The third kappa shape index (κ3) is 5.17. The van der Waals surface area contributed by atoms with Gasteiger partial charge in [-0.25, -0.2) is 0 Å². The average molecular weight is 411 g/mol. The van der Waals surface area contributed by atoms with Crippen LogP contribution >= 0.6 is 11.8 Å². The van der Waals surface area contributed by atoms with Crippen LogP contribution in [0.1, 0.15) is 19.4 Å². The van der Waals surface area contributed by atoms with Gasteiger partial charge in [0.1, 0.15) is 5.75 Å². The highest BCUT2D eigenvalue weighted by Gasteiger charge is 2.19. The van der Waals surface area contributed by atoms with Crippen molar-refractivity contribution in [2.75, 3.05) is 19.4 Å². The third-order valence-corrected chi connectivity index (χ3v) is 5.24. The van der Waals surface area contributed by atoms with E-state index in [1.807, 2.05) is 60.0 Å². The molecule has 0 bridgehead atoms. The van der Waals surface area contributed by atoms with Crippen LogP contribution in [0.3, 0.4) is 0 Å². The molecule has 3 rings (SSSR count). The Hall–Kier alpha value is -2.80. The Morgan fingerprint density at radius 1 is 1.14 bits per heavy atom. The number of ether oxygens (including phenoxy) is 1. The smallest absolute Gasteiger partial charge is 0.230 e. The highest BCUT2D eigenvalue weighted by molar-refractivity contribution is 7.99. The van der Waals surface area contributed by atoms with Crippen LogP contribution in [-0.4, -0.2) is 40.1 Å². The van der Waals surface area contributed by atoms with E-state index in [0.717, 1.165) is 17.0 Å². The molecule has 7 heteroatoms. The lowest BCUT2D eigenvalue weighted by molar-refractivity contribution is -0.118. The molecule has 2 aromatic carbocycles. The van der Waals surface area contributed by atoms with Gasteiger partial charge in [-0.15, -0.1) is 10.2 Å². The maximum atomic E-state index is 12.2. The fourth-order valence-electron chi connectivity index (χ4n) is 2.79. The molecule has 1 heterocycles. The molecule has 0 fully saturated rings. The number of nitrogens with zero attached hydrogens (tertiary/aromatic N) is 3. The van der Waals surface area contributed by atoms with Crippen LogP contribution in [0.4, 0.5) is 0 Å². The normalized spacial score (nSPS) is 10.9. The first-order valence-corrected chi connectivity index (χ1v) is 10.5. The van der Waals surface area contributed by atoms with E-state index in [2.05, 4.69) is 29.4 Å². The van der Waals surface area contributed by atoms with E-state index >= 15 is 0 Å². The molecule has 3 aromatic rings. The summed E-state index contributed by atoms with van der Waals surface area (Å²) in [4.78, 5) is 12.2. The topological polar surface area (TPSA) is 69.0 Å². The Kier molecular flexibility index (Phi) is 6.93. The fourth-order valence-corrected chi connectivity index (χ4v) is 3.57. The highest BCUT2D eigenvalue weighted by Crippen LogP contribution is 2.33. The van der Waals surface area contributed by atoms with Crippen LogP contribution in [-0.2, 0) is 4.79 Å². The van der Waals surface area contributed by atoms with E-state index in [1.165, 1.54) is 17.3 Å². The molecule has 0 spiro atoms. The molecule has 1 aromatic heterocycles. The third-order valence-electron chi connectivity index (χ3n) is 4.31. The lowest BCUT2D eigenvalue weighted by Crippen LogP contribution is -2.28. The number of benzene rings is 2. The second-order valence-corrected chi connectivity index (χ2v) is 8.11.